The molecular formula is C47H35N3O. The first-order valence-electron chi connectivity index (χ1n) is 17.4. The van der Waals surface area contributed by atoms with Crippen LogP contribution in [0.2, 0.25) is 0 Å². The van der Waals surface area contributed by atoms with Crippen molar-refractivity contribution >= 4 is 49.8 Å². The van der Waals surface area contributed by atoms with Gasteiger partial charge in [-0.1, -0.05) is 140 Å². The van der Waals surface area contributed by atoms with Crippen molar-refractivity contribution in [3.05, 3.63) is 197 Å². The summed E-state index contributed by atoms with van der Waals surface area (Å²) in [6.07, 6.45) is 4.15. The van der Waals surface area contributed by atoms with Crippen LogP contribution < -0.4 is 5.73 Å². The van der Waals surface area contributed by atoms with Crippen LogP contribution in [0.25, 0.3) is 49.2 Å². The predicted molar refractivity (Wildman–Crippen MR) is 212 cm³/mol. The minimum absolute atomic E-state index is 0.425. The SMILES string of the molecule is N/C(=N\C(=N/Cc1ccc(-c2ccccc2)cc1)c1cc(C2=CCCc3oc4ccccc4c32)c2ccccc2c1)c1ccc2ccccc2c1. The molecule has 244 valence electrons. The smallest absolute Gasteiger partial charge is 0.157 e. The fraction of sp³-hybridized carbons (Fsp3) is 0.0638. The minimum Gasteiger partial charge on any atom is -0.460 e. The Morgan fingerprint density at radius 3 is 2.14 bits per heavy atom. The normalized spacial score (nSPS) is 13.5. The number of nitrogens with zero attached hydrogens (tertiary/aromatic N) is 2. The number of benzene rings is 7. The summed E-state index contributed by atoms with van der Waals surface area (Å²) in [5.74, 6) is 2.05. The molecule has 9 rings (SSSR count). The predicted octanol–water partition coefficient (Wildman–Crippen LogP) is 11.1. The van der Waals surface area contributed by atoms with E-state index in [4.69, 9.17) is 20.1 Å². The van der Waals surface area contributed by atoms with E-state index in [0.29, 0.717) is 18.2 Å². The Balaban J connectivity index is 1.18. The van der Waals surface area contributed by atoms with Crippen LogP contribution in [-0.2, 0) is 13.0 Å². The van der Waals surface area contributed by atoms with E-state index in [0.717, 1.165) is 68.0 Å². The number of aliphatic imine (C=N–C) groups is 2. The van der Waals surface area contributed by atoms with E-state index in [1.54, 1.807) is 0 Å². The molecule has 0 saturated heterocycles. The summed E-state index contributed by atoms with van der Waals surface area (Å²) in [7, 11) is 0. The molecule has 0 amide bonds. The van der Waals surface area contributed by atoms with Gasteiger partial charge in [-0.25, -0.2) is 4.99 Å². The molecule has 1 aliphatic rings. The fourth-order valence-electron chi connectivity index (χ4n) is 7.24. The lowest BCUT2D eigenvalue weighted by Gasteiger charge is -2.18. The van der Waals surface area contributed by atoms with Gasteiger partial charge in [0.25, 0.3) is 0 Å². The Labute approximate surface area is 296 Å². The van der Waals surface area contributed by atoms with E-state index in [2.05, 4.69) is 133 Å². The molecule has 8 aromatic rings. The van der Waals surface area contributed by atoms with Crippen molar-refractivity contribution in [3.63, 3.8) is 0 Å². The van der Waals surface area contributed by atoms with Gasteiger partial charge in [0.1, 0.15) is 17.2 Å². The zero-order valence-corrected chi connectivity index (χ0v) is 28.1. The monoisotopic (exact) mass is 657 g/mol. The standard InChI is InChI=1S/C47H35N3O/c48-46(37-26-25-33-13-4-5-14-35(33)27-37)50-47(49-30-31-21-23-34(24-22-31)32-11-2-1-3-12-32)38-28-36-15-6-7-16-39(36)42(29-38)40-18-10-20-44-45(40)41-17-8-9-19-43(41)51-44/h1-9,11-19,21-29H,10,20,30H2,(H2,48,49,50). The molecule has 7 aromatic carbocycles. The molecule has 1 heterocycles. The number of hydrogen-bond acceptors (Lipinski definition) is 2. The van der Waals surface area contributed by atoms with Crippen molar-refractivity contribution in [2.45, 2.75) is 19.4 Å². The van der Waals surface area contributed by atoms with Gasteiger partial charge in [0.05, 0.1) is 6.54 Å². The number of rotatable bonds is 6. The van der Waals surface area contributed by atoms with E-state index >= 15 is 0 Å². The van der Waals surface area contributed by atoms with E-state index < -0.39 is 0 Å². The minimum atomic E-state index is 0.425. The van der Waals surface area contributed by atoms with Crippen molar-refractivity contribution in [3.8, 4) is 11.1 Å². The average Bonchev–Trinajstić information content (AvgIpc) is 3.58. The summed E-state index contributed by atoms with van der Waals surface area (Å²) in [5, 5.41) is 5.70. The Morgan fingerprint density at radius 2 is 1.29 bits per heavy atom. The van der Waals surface area contributed by atoms with Crippen LogP contribution in [-0.4, -0.2) is 11.7 Å². The maximum absolute atomic E-state index is 6.83. The highest BCUT2D eigenvalue weighted by Gasteiger charge is 2.24. The number of nitrogens with two attached hydrogens (primary N) is 1. The van der Waals surface area contributed by atoms with Gasteiger partial charge in [-0.2, -0.15) is 0 Å². The molecule has 51 heavy (non-hydrogen) atoms. The second-order valence-electron chi connectivity index (χ2n) is 13.1. The van der Waals surface area contributed by atoms with Gasteiger partial charge >= 0.3 is 0 Å². The molecule has 0 fully saturated rings. The maximum atomic E-state index is 6.83. The third-order valence-electron chi connectivity index (χ3n) is 9.81. The topological polar surface area (TPSA) is 63.9 Å². The lowest BCUT2D eigenvalue weighted by atomic mass is 9.86. The fourth-order valence-corrected chi connectivity index (χ4v) is 7.24. The van der Waals surface area contributed by atoms with E-state index in [9.17, 15) is 0 Å². The zero-order chi connectivity index (χ0) is 34.1. The number of para-hydroxylation sites is 1. The third kappa shape index (κ3) is 5.91. The van der Waals surface area contributed by atoms with Crippen molar-refractivity contribution in [2.75, 3.05) is 0 Å². The molecular weight excluding hydrogens is 623 g/mol. The van der Waals surface area contributed by atoms with E-state index in [-0.39, 0.29) is 0 Å². The molecule has 4 heteroatoms. The number of fused-ring (bicyclic) bond motifs is 5. The molecule has 0 aliphatic heterocycles. The molecule has 0 bridgehead atoms. The number of allylic oxidation sites excluding steroid dienone is 1. The van der Waals surface area contributed by atoms with Crippen molar-refractivity contribution in [1.29, 1.82) is 0 Å². The molecule has 4 nitrogen and oxygen atoms in total. The van der Waals surface area contributed by atoms with Crippen LogP contribution in [0.15, 0.2) is 178 Å². The first kappa shape index (κ1) is 30.5. The molecule has 0 spiro atoms. The van der Waals surface area contributed by atoms with Gasteiger partial charge in [0, 0.05) is 28.5 Å². The Morgan fingerprint density at radius 1 is 0.608 bits per heavy atom. The van der Waals surface area contributed by atoms with Gasteiger partial charge in [-0.3, -0.25) is 4.99 Å². The lowest BCUT2D eigenvalue weighted by Crippen LogP contribution is -2.16. The van der Waals surface area contributed by atoms with Gasteiger partial charge in [0.15, 0.2) is 5.84 Å². The first-order chi connectivity index (χ1) is 25.2. The van der Waals surface area contributed by atoms with E-state index in [1.165, 1.54) is 27.6 Å². The summed E-state index contributed by atoms with van der Waals surface area (Å²) in [6.45, 7) is 0.459. The van der Waals surface area contributed by atoms with Gasteiger partial charge < -0.3 is 10.2 Å². The zero-order valence-electron chi connectivity index (χ0n) is 28.1. The highest BCUT2D eigenvalue weighted by molar-refractivity contribution is 6.14. The highest BCUT2D eigenvalue weighted by atomic mass is 16.3. The molecule has 0 radical (unpaired) electrons. The van der Waals surface area contributed by atoms with Crippen molar-refractivity contribution in [2.24, 2.45) is 15.7 Å². The quantitative estimate of drug-likeness (QED) is 0.143. The highest BCUT2D eigenvalue weighted by Crippen LogP contribution is 2.41. The average molecular weight is 658 g/mol. The maximum Gasteiger partial charge on any atom is 0.157 e. The molecule has 0 saturated carbocycles. The summed E-state index contributed by atoms with van der Waals surface area (Å²) >= 11 is 0. The second-order valence-corrected chi connectivity index (χ2v) is 13.1. The van der Waals surface area contributed by atoms with Crippen molar-refractivity contribution in [1.82, 2.24) is 0 Å². The van der Waals surface area contributed by atoms with Crippen LogP contribution >= 0.6 is 0 Å². The van der Waals surface area contributed by atoms with Crippen LogP contribution in [0.3, 0.4) is 0 Å². The van der Waals surface area contributed by atoms with Crippen molar-refractivity contribution < 1.29 is 4.42 Å². The largest absolute Gasteiger partial charge is 0.460 e. The Bertz CT molecular complexity index is 2660. The number of aryl methyl sites for hydroxylation is 1. The Hall–Kier alpha value is -6.52. The summed E-state index contributed by atoms with van der Waals surface area (Å²) < 4.78 is 6.39. The van der Waals surface area contributed by atoms with Gasteiger partial charge in [-0.15, -0.1) is 0 Å². The second kappa shape index (κ2) is 13.1. The molecule has 0 unspecified atom stereocenters. The number of furan rings is 1. The summed E-state index contributed by atoms with van der Waals surface area (Å²) in [4.78, 5) is 10.3. The molecule has 2 N–H and O–H groups in total. The third-order valence-corrected chi connectivity index (χ3v) is 9.81. The van der Waals surface area contributed by atoms with Gasteiger partial charge in [-0.05, 0) is 80.1 Å². The van der Waals surface area contributed by atoms with Crippen LogP contribution in [0.5, 0.6) is 0 Å². The molecule has 0 atom stereocenters. The lowest BCUT2D eigenvalue weighted by molar-refractivity contribution is 0.545. The van der Waals surface area contributed by atoms with Crippen LogP contribution in [0, 0.1) is 0 Å². The van der Waals surface area contributed by atoms with Gasteiger partial charge in [0.2, 0.25) is 0 Å². The summed E-state index contributed by atoms with van der Waals surface area (Å²) in [6, 6.07) is 54.8. The number of hydrogen-bond donors (Lipinski definition) is 1. The van der Waals surface area contributed by atoms with E-state index in [1.807, 2.05) is 30.3 Å². The molecule has 1 aromatic heterocycles. The first-order valence-corrected chi connectivity index (χ1v) is 17.4. The van der Waals surface area contributed by atoms with Crippen LogP contribution in [0.4, 0.5) is 0 Å². The summed E-state index contributed by atoms with van der Waals surface area (Å²) in [5.41, 5.74) is 16.5. The molecule has 1 aliphatic carbocycles. The van der Waals surface area contributed by atoms with Crippen LogP contribution in [0.1, 0.15) is 40.0 Å². The number of amidine groups is 2. The Kier molecular flexibility index (Phi) is 7.82.